The summed E-state index contributed by atoms with van der Waals surface area (Å²) in [5.41, 5.74) is 2.57. The number of thioether (sulfide) groups is 1. The van der Waals surface area contributed by atoms with Gasteiger partial charge in [-0.15, -0.1) is 0 Å². The van der Waals surface area contributed by atoms with Gasteiger partial charge in [-0.1, -0.05) is 39.0 Å². The third-order valence-corrected chi connectivity index (χ3v) is 4.73. The van der Waals surface area contributed by atoms with Crippen LogP contribution in [0.3, 0.4) is 0 Å². The number of anilines is 1. The average molecular weight is 381 g/mol. The molecule has 0 aliphatic carbocycles. The standard InChI is InChI=1S/C21H24N4OS/c1-21(2,3)17-13-19(25(24-17)18-7-5-6-12-22-18)23-20(26)16-10-8-15(9-11-16)14-27-4/h5-13H,14H2,1-4H3,(H,23,26). The molecular formula is C21H24N4OS. The lowest BCUT2D eigenvalue weighted by Gasteiger charge is -2.13. The highest BCUT2D eigenvalue weighted by atomic mass is 32.2. The Morgan fingerprint density at radius 3 is 2.48 bits per heavy atom. The first-order valence-electron chi connectivity index (χ1n) is 8.79. The van der Waals surface area contributed by atoms with Gasteiger partial charge in [0.15, 0.2) is 5.82 Å². The fourth-order valence-electron chi connectivity index (χ4n) is 2.60. The minimum absolute atomic E-state index is 0.140. The fraction of sp³-hybridized carbons (Fsp3) is 0.286. The number of benzene rings is 1. The van der Waals surface area contributed by atoms with E-state index in [0.717, 1.165) is 11.4 Å². The van der Waals surface area contributed by atoms with Crippen molar-refractivity contribution in [3.8, 4) is 5.82 Å². The molecule has 0 saturated heterocycles. The topological polar surface area (TPSA) is 59.8 Å². The van der Waals surface area contributed by atoms with Gasteiger partial charge in [-0.25, -0.2) is 4.98 Å². The van der Waals surface area contributed by atoms with Crippen molar-refractivity contribution < 1.29 is 4.79 Å². The van der Waals surface area contributed by atoms with Gasteiger partial charge in [0, 0.05) is 29.0 Å². The quantitative estimate of drug-likeness (QED) is 0.698. The predicted molar refractivity (Wildman–Crippen MR) is 112 cm³/mol. The first-order valence-corrected chi connectivity index (χ1v) is 10.2. The minimum atomic E-state index is -0.164. The van der Waals surface area contributed by atoms with Crippen LogP contribution in [0.15, 0.2) is 54.7 Å². The summed E-state index contributed by atoms with van der Waals surface area (Å²) in [6, 6.07) is 15.2. The Morgan fingerprint density at radius 1 is 1.15 bits per heavy atom. The summed E-state index contributed by atoms with van der Waals surface area (Å²) >= 11 is 1.76. The summed E-state index contributed by atoms with van der Waals surface area (Å²) in [5.74, 6) is 2.04. The van der Waals surface area contributed by atoms with Crippen LogP contribution in [0, 0.1) is 0 Å². The zero-order chi connectivity index (χ0) is 19.4. The van der Waals surface area contributed by atoms with Gasteiger partial charge in [-0.3, -0.25) is 4.79 Å². The molecule has 3 aromatic rings. The fourth-order valence-corrected chi connectivity index (χ4v) is 3.12. The van der Waals surface area contributed by atoms with E-state index in [1.165, 1.54) is 5.56 Å². The maximum Gasteiger partial charge on any atom is 0.256 e. The van der Waals surface area contributed by atoms with Crippen LogP contribution >= 0.6 is 11.8 Å². The number of nitrogens with zero attached hydrogens (tertiary/aromatic N) is 3. The Hall–Kier alpha value is -2.60. The lowest BCUT2D eigenvalue weighted by molar-refractivity contribution is 0.102. The Kier molecular flexibility index (Phi) is 5.65. The zero-order valence-corrected chi connectivity index (χ0v) is 16.9. The number of carbonyl (C=O) groups excluding carboxylic acids is 1. The van der Waals surface area contributed by atoms with E-state index in [1.54, 1.807) is 22.6 Å². The first-order chi connectivity index (χ1) is 12.9. The molecule has 1 aromatic carbocycles. The van der Waals surface area contributed by atoms with Crippen molar-refractivity contribution >= 4 is 23.5 Å². The van der Waals surface area contributed by atoms with Crippen molar-refractivity contribution in [3.63, 3.8) is 0 Å². The van der Waals surface area contributed by atoms with Gasteiger partial charge in [0.25, 0.3) is 5.91 Å². The number of amides is 1. The third kappa shape index (κ3) is 4.57. The Bertz CT molecular complexity index is 912. The van der Waals surface area contributed by atoms with E-state index >= 15 is 0 Å². The highest BCUT2D eigenvalue weighted by Gasteiger charge is 2.22. The second kappa shape index (κ2) is 7.96. The number of hydrogen-bond acceptors (Lipinski definition) is 4. The highest BCUT2D eigenvalue weighted by molar-refractivity contribution is 7.97. The Balaban J connectivity index is 1.91. The summed E-state index contributed by atoms with van der Waals surface area (Å²) < 4.78 is 1.68. The molecule has 0 aliphatic rings. The Labute approximate surface area is 164 Å². The summed E-state index contributed by atoms with van der Waals surface area (Å²) in [6.45, 7) is 6.27. The van der Waals surface area contributed by atoms with Crippen molar-refractivity contribution in [2.45, 2.75) is 31.9 Å². The van der Waals surface area contributed by atoms with E-state index in [9.17, 15) is 4.79 Å². The minimum Gasteiger partial charge on any atom is -0.306 e. The van der Waals surface area contributed by atoms with Crippen LogP contribution in [0.2, 0.25) is 0 Å². The van der Waals surface area contributed by atoms with Gasteiger partial charge in [0.2, 0.25) is 0 Å². The van der Waals surface area contributed by atoms with Crippen LogP contribution < -0.4 is 5.32 Å². The summed E-state index contributed by atoms with van der Waals surface area (Å²) in [6.07, 6.45) is 3.77. The van der Waals surface area contributed by atoms with Crippen molar-refractivity contribution in [2.24, 2.45) is 0 Å². The van der Waals surface area contributed by atoms with Crippen molar-refractivity contribution in [2.75, 3.05) is 11.6 Å². The van der Waals surface area contributed by atoms with E-state index in [4.69, 9.17) is 0 Å². The van der Waals surface area contributed by atoms with E-state index in [1.807, 2.05) is 48.5 Å². The van der Waals surface area contributed by atoms with Gasteiger partial charge >= 0.3 is 0 Å². The van der Waals surface area contributed by atoms with Gasteiger partial charge < -0.3 is 5.32 Å². The molecule has 6 heteroatoms. The predicted octanol–water partition coefficient (Wildman–Crippen LogP) is 4.68. The number of aromatic nitrogens is 3. The van der Waals surface area contributed by atoms with Crippen molar-refractivity contribution in [1.82, 2.24) is 14.8 Å². The van der Waals surface area contributed by atoms with Crippen LogP contribution in [0.4, 0.5) is 5.82 Å². The molecule has 0 bridgehead atoms. The number of hydrogen-bond donors (Lipinski definition) is 1. The van der Waals surface area contributed by atoms with Crippen LogP contribution in [0.5, 0.6) is 0 Å². The molecular weight excluding hydrogens is 356 g/mol. The normalized spacial score (nSPS) is 11.4. The van der Waals surface area contributed by atoms with Gasteiger partial charge in [-0.05, 0) is 36.1 Å². The lowest BCUT2D eigenvalue weighted by Crippen LogP contribution is -2.15. The molecule has 0 aliphatic heterocycles. The smallest absolute Gasteiger partial charge is 0.256 e. The van der Waals surface area contributed by atoms with Gasteiger partial charge in [0.05, 0.1) is 5.69 Å². The molecule has 2 aromatic heterocycles. The van der Waals surface area contributed by atoms with E-state index in [-0.39, 0.29) is 11.3 Å². The molecule has 1 amide bonds. The molecule has 1 N–H and O–H groups in total. The summed E-state index contributed by atoms with van der Waals surface area (Å²) in [5, 5.41) is 7.66. The third-order valence-electron chi connectivity index (χ3n) is 4.11. The molecule has 0 fully saturated rings. The maximum absolute atomic E-state index is 12.7. The lowest BCUT2D eigenvalue weighted by atomic mass is 9.92. The van der Waals surface area contributed by atoms with Gasteiger partial charge in [0.1, 0.15) is 5.82 Å². The molecule has 3 rings (SSSR count). The molecule has 0 spiro atoms. The number of rotatable bonds is 5. The number of carbonyl (C=O) groups is 1. The van der Waals surface area contributed by atoms with Crippen LogP contribution in [-0.2, 0) is 11.2 Å². The van der Waals surface area contributed by atoms with E-state index in [0.29, 0.717) is 17.2 Å². The van der Waals surface area contributed by atoms with Crippen LogP contribution in [-0.4, -0.2) is 26.9 Å². The molecule has 0 radical (unpaired) electrons. The van der Waals surface area contributed by atoms with Crippen molar-refractivity contribution in [3.05, 3.63) is 71.5 Å². The number of pyridine rings is 1. The van der Waals surface area contributed by atoms with E-state index in [2.05, 4.69) is 42.4 Å². The second-order valence-corrected chi connectivity index (χ2v) is 8.21. The van der Waals surface area contributed by atoms with Gasteiger partial charge in [-0.2, -0.15) is 21.5 Å². The van der Waals surface area contributed by atoms with Crippen LogP contribution in [0.1, 0.15) is 42.4 Å². The SMILES string of the molecule is CSCc1ccc(C(=O)Nc2cc(C(C)(C)C)nn2-c2ccccn2)cc1. The number of nitrogens with one attached hydrogen (secondary N) is 1. The zero-order valence-electron chi connectivity index (χ0n) is 16.1. The van der Waals surface area contributed by atoms with Crippen LogP contribution in [0.25, 0.3) is 5.82 Å². The first kappa shape index (κ1) is 19.2. The molecule has 0 atom stereocenters. The average Bonchev–Trinajstić information content (AvgIpc) is 3.07. The maximum atomic E-state index is 12.7. The summed E-state index contributed by atoms with van der Waals surface area (Å²) in [4.78, 5) is 17.1. The molecule has 2 heterocycles. The highest BCUT2D eigenvalue weighted by Crippen LogP contribution is 2.26. The molecule has 27 heavy (non-hydrogen) atoms. The monoisotopic (exact) mass is 380 g/mol. The van der Waals surface area contributed by atoms with E-state index < -0.39 is 0 Å². The Morgan fingerprint density at radius 2 is 1.89 bits per heavy atom. The molecule has 0 unspecified atom stereocenters. The molecule has 140 valence electrons. The summed E-state index contributed by atoms with van der Waals surface area (Å²) in [7, 11) is 0. The molecule has 5 nitrogen and oxygen atoms in total. The second-order valence-electron chi connectivity index (χ2n) is 7.35. The van der Waals surface area contributed by atoms with Crippen molar-refractivity contribution in [1.29, 1.82) is 0 Å². The largest absolute Gasteiger partial charge is 0.306 e. The molecule has 0 saturated carbocycles.